The molecule has 0 radical (unpaired) electrons. The standard InChI is InChI=1S/C25H27NO5/c1-24(2,3)14-25(4,5)26-19(27)13-31-23(30)18-12-8-11-17-20(18)22(29)16-10-7-6-9-15(16)21(17)28/h6-12H,13-14H2,1-5H3,(H,26,27). The number of hydrogen-bond acceptors (Lipinski definition) is 5. The van der Waals surface area contributed by atoms with Crippen molar-refractivity contribution in [3.05, 3.63) is 70.3 Å². The van der Waals surface area contributed by atoms with Gasteiger partial charge in [0.25, 0.3) is 5.91 Å². The normalized spacial score (nSPS) is 13.3. The summed E-state index contributed by atoms with van der Waals surface area (Å²) in [6.45, 7) is 9.58. The van der Waals surface area contributed by atoms with E-state index in [-0.39, 0.29) is 33.5 Å². The summed E-state index contributed by atoms with van der Waals surface area (Å²) in [5.41, 5.74) is 0.262. The molecule has 0 aromatic heterocycles. The molecule has 1 amide bonds. The Kier molecular flexibility index (Phi) is 5.85. The van der Waals surface area contributed by atoms with Crippen LogP contribution in [0.2, 0.25) is 0 Å². The van der Waals surface area contributed by atoms with Crippen LogP contribution >= 0.6 is 0 Å². The van der Waals surface area contributed by atoms with E-state index >= 15 is 0 Å². The van der Waals surface area contributed by atoms with Crippen LogP contribution in [0.15, 0.2) is 42.5 Å². The molecule has 1 N–H and O–H groups in total. The highest BCUT2D eigenvalue weighted by atomic mass is 16.5. The molecule has 0 spiro atoms. The molecule has 0 saturated carbocycles. The van der Waals surface area contributed by atoms with Gasteiger partial charge in [-0.25, -0.2) is 4.79 Å². The van der Waals surface area contributed by atoms with Crippen LogP contribution in [0.1, 0.15) is 83.2 Å². The van der Waals surface area contributed by atoms with E-state index in [2.05, 4.69) is 26.1 Å². The van der Waals surface area contributed by atoms with Crippen LogP contribution in [0.3, 0.4) is 0 Å². The first-order valence-corrected chi connectivity index (χ1v) is 10.2. The quantitative estimate of drug-likeness (QED) is 0.630. The SMILES string of the molecule is CC(C)(C)CC(C)(C)NC(=O)COC(=O)c1cccc2c1C(=O)c1ccccc1C2=O. The molecule has 0 fully saturated rings. The first kappa shape index (κ1) is 22.4. The second kappa shape index (κ2) is 8.10. The van der Waals surface area contributed by atoms with Gasteiger partial charge in [-0.3, -0.25) is 14.4 Å². The van der Waals surface area contributed by atoms with Gasteiger partial charge in [0, 0.05) is 27.8 Å². The Morgan fingerprint density at radius 1 is 0.839 bits per heavy atom. The van der Waals surface area contributed by atoms with Gasteiger partial charge < -0.3 is 10.1 Å². The molecule has 2 aromatic rings. The molecule has 0 heterocycles. The second-order valence-electron chi connectivity index (χ2n) is 9.68. The van der Waals surface area contributed by atoms with E-state index in [9.17, 15) is 19.2 Å². The topological polar surface area (TPSA) is 89.5 Å². The van der Waals surface area contributed by atoms with Crippen molar-refractivity contribution in [3.8, 4) is 0 Å². The van der Waals surface area contributed by atoms with Crippen LogP contribution in [0.4, 0.5) is 0 Å². The van der Waals surface area contributed by atoms with Crippen LogP contribution < -0.4 is 5.32 Å². The van der Waals surface area contributed by atoms with E-state index in [0.717, 1.165) is 6.42 Å². The van der Waals surface area contributed by atoms with Crippen molar-refractivity contribution in [1.82, 2.24) is 5.32 Å². The fraction of sp³-hybridized carbons (Fsp3) is 0.360. The third-order valence-electron chi connectivity index (χ3n) is 4.96. The predicted molar refractivity (Wildman–Crippen MR) is 116 cm³/mol. The number of carbonyl (C=O) groups is 4. The Balaban J connectivity index is 1.76. The maximum atomic E-state index is 13.0. The van der Waals surface area contributed by atoms with Crippen LogP contribution in [-0.2, 0) is 9.53 Å². The molecule has 162 valence electrons. The average Bonchev–Trinajstić information content (AvgIpc) is 2.67. The van der Waals surface area contributed by atoms with E-state index < -0.39 is 29.8 Å². The predicted octanol–water partition coefficient (Wildman–Crippen LogP) is 3.95. The molecule has 3 rings (SSSR count). The molecule has 0 aliphatic heterocycles. The minimum Gasteiger partial charge on any atom is -0.452 e. The third-order valence-corrected chi connectivity index (χ3v) is 4.96. The smallest absolute Gasteiger partial charge is 0.339 e. The number of hydrogen-bond donors (Lipinski definition) is 1. The van der Waals surface area contributed by atoms with Crippen molar-refractivity contribution in [1.29, 1.82) is 0 Å². The monoisotopic (exact) mass is 421 g/mol. The maximum Gasteiger partial charge on any atom is 0.339 e. The Labute approximate surface area is 182 Å². The average molecular weight is 421 g/mol. The molecule has 31 heavy (non-hydrogen) atoms. The summed E-state index contributed by atoms with van der Waals surface area (Å²) in [4.78, 5) is 50.8. The van der Waals surface area contributed by atoms with Gasteiger partial charge in [0.15, 0.2) is 18.2 Å². The van der Waals surface area contributed by atoms with Crippen molar-refractivity contribution in [2.75, 3.05) is 6.61 Å². The molecule has 0 unspecified atom stereocenters. The lowest BCUT2D eigenvalue weighted by atomic mass is 9.82. The van der Waals surface area contributed by atoms with Crippen molar-refractivity contribution in [2.24, 2.45) is 5.41 Å². The number of fused-ring (bicyclic) bond motifs is 2. The number of amides is 1. The van der Waals surface area contributed by atoms with Gasteiger partial charge in [-0.05, 0) is 31.7 Å². The number of ether oxygens (including phenoxy) is 1. The molecule has 1 aliphatic rings. The lowest BCUT2D eigenvalue weighted by Crippen LogP contribution is -2.47. The van der Waals surface area contributed by atoms with E-state index in [1.165, 1.54) is 18.2 Å². The molecule has 0 saturated heterocycles. The number of nitrogens with one attached hydrogen (secondary N) is 1. The molecule has 2 aromatic carbocycles. The van der Waals surface area contributed by atoms with E-state index in [0.29, 0.717) is 5.56 Å². The van der Waals surface area contributed by atoms with Gasteiger partial charge in [0.05, 0.1) is 5.56 Å². The molecule has 6 nitrogen and oxygen atoms in total. The zero-order valence-electron chi connectivity index (χ0n) is 18.5. The van der Waals surface area contributed by atoms with E-state index in [4.69, 9.17) is 4.74 Å². The Morgan fingerprint density at radius 3 is 2.03 bits per heavy atom. The van der Waals surface area contributed by atoms with Gasteiger partial charge >= 0.3 is 5.97 Å². The van der Waals surface area contributed by atoms with Crippen LogP contribution in [-0.4, -0.2) is 35.6 Å². The zero-order chi connectivity index (χ0) is 23.0. The van der Waals surface area contributed by atoms with E-state index in [1.807, 2.05) is 13.8 Å². The summed E-state index contributed by atoms with van der Waals surface area (Å²) in [5.74, 6) is -1.98. The maximum absolute atomic E-state index is 13.0. The summed E-state index contributed by atoms with van der Waals surface area (Å²) in [5, 5.41) is 2.87. The molecule has 0 bridgehead atoms. The number of carbonyl (C=O) groups excluding carboxylic acids is 4. The molecular weight excluding hydrogens is 394 g/mol. The first-order chi connectivity index (χ1) is 14.4. The lowest BCUT2D eigenvalue weighted by molar-refractivity contribution is -0.126. The number of ketones is 2. The molecule has 0 atom stereocenters. The zero-order valence-corrected chi connectivity index (χ0v) is 18.5. The van der Waals surface area contributed by atoms with Gasteiger partial charge in [0.1, 0.15) is 0 Å². The van der Waals surface area contributed by atoms with Gasteiger partial charge in [0.2, 0.25) is 0 Å². The number of benzene rings is 2. The fourth-order valence-electron chi connectivity index (χ4n) is 4.31. The largest absolute Gasteiger partial charge is 0.452 e. The first-order valence-electron chi connectivity index (χ1n) is 10.2. The van der Waals surface area contributed by atoms with Crippen molar-refractivity contribution >= 4 is 23.4 Å². The second-order valence-corrected chi connectivity index (χ2v) is 9.68. The van der Waals surface area contributed by atoms with Crippen molar-refractivity contribution < 1.29 is 23.9 Å². The summed E-state index contributed by atoms with van der Waals surface area (Å²) >= 11 is 0. The Morgan fingerprint density at radius 2 is 1.42 bits per heavy atom. The highest BCUT2D eigenvalue weighted by Gasteiger charge is 2.33. The minimum atomic E-state index is -0.818. The third kappa shape index (κ3) is 4.90. The fourth-order valence-corrected chi connectivity index (χ4v) is 4.31. The van der Waals surface area contributed by atoms with Crippen LogP contribution in [0.25, 0.3) is 0 Å². The van der Waals surface area contributed by atoms with Gasteiger partial charge in [-0.15, -0.1) is 0 Å². The highest BCUT2D eigenvalue weighted by Crippen LogP contribution is 2.30. The van der Waals surface area contributed by atoms with Gasteiger partial charge in [-0.2, -0.15) is 0 Å². The summed E-state index contributed by atoms with van der Waals surface area (Å²) in [7, 11) is 0. The van der Waals surface area contributed by atoms with Crippen LogP contribution in [0.5, 0.6) is 0 Å². The molecule has 6 heteroatoms. The minimum absolute atomic E-state index is 0.0136. The highest BCUT2D eigenvalue weighted by molar-refractivity contribution is 6.30. The summed E-state index contributed by atoms with van der Waals surface area (Å²) in [6.07, 6.45) is 0.738. The Bertz CT molecular complexity index is 1080. The van der Waals surface area contributed by atoms with Crippen molar-refractivity contribution in [3.63, 3.8) is 0 Å². The molecular formula is C25H27NO5. The van der Waals surface area contributed by atoms with Gasteiger partial charge in [-0.1, -0.05) is 57.2 Å². The summed E-state index contributed by atoms with van der Waals surface area (Å²) in [6, 6.07) is 11.0. The molecule has 1 aliphatic carbocycles. The number of rotatable bonds is 5. The van der Waals surface area contributed by atoms with Crippen molar-refractivity contribution in [2.45, 2.75) is 46.6 Å². The number of esters is 1. The van der Waals surface area contributed by atoms with E-state index in [1.54, 1.807) is 24.3 Å². The lowest BCUT2D eigenvalue weighted by Gasteiger charge is -2.33. The van der Waals surface area contributed by atoms with Crippen LogP contribution in [0, 0.1) is 5.41 Å². The summed E-state index contributed by atoms with van der Waals surface area (Å²) < 4.78 is 5.19. The Hall–Kier alpha value is -3.28.